The number of Topliss-reactive ketones (excluding diaryl/α,β-unsaturated/α-hetero) is 1. The van der Waals surface area contributed by atoms with Crippen molar-refractivity contribution in [2.24, 2.45) is 23.3 Å². The van der Waals surface area contributed by atoms with Crippen molar-refractivity contribution in [3.05, 3.63) is 78.1 Å². The number of nitrogens with one attached hydrogen (secondary N) is 14. The zero-order valence-corrected chi connectivity index (χ0v) is 64.1. The molecule has 1 saturated heterocycles. The van der Waals surface area contributed by atoms with Gasteiger partial charge in [0.2, 0.25) is 76.8 Å². The van der Waals surface area contributed by atoms with Gasteiger partial charge < -0.3 is 122 Å². The normalized spacial score (nSPS) is 21.6. The molecule has 13 amide bonds. The molecule has 14 unspecified atom stereocenters. The molecule has 2 aromatic carbocycles. The van der Waals surface area contributed by atoms with Gasteiger partial charge in [-0.25, -0.2) is 9.59 Å². The van der Waals surface area contributed by atoms with Crippen LogP contribution in [0.2, 0.25) is 0 Å². The fourth-order valence-corrected chi connectivity index (χ4v) is 11.8. The third-order valence-corrected chi connectivity index (χ3v) is 18.2. The minimum absolute atomic E-state index is 0.0326. The van der Waals surface area contributed by atoms with Crippen molar-refractivity contribution in [1.82, 2.24) is 74.1 Å². The summed E-state index contributed by atoms with van der Waals surface area (Å²) in [5.74, 6) is -28.4. The van der Waals surface area contributed by atoms with E-state index in [-0.39, 0.29) is 42.8 Å². The standard InChI is InChI=1S/C73H103N17O25/c1-7-8-9-10-11-17-35(2)63(103)84-46(25-40-31-77-44-21-15-13-18-41(40)44)37(4)80-47(27-54(76)93)67(107)86-49(30-60(101)102)68(108)90-62-39(6)115-73(114)51(26-53(92)42-19-12-14-20-43(42)75)88-71(111)61(36(3)24-58(97)98)89-69(109)52(34-91)83-56(95)32-78-55(94)28-50(72(112)113)87-64(104)38(5)81-66(106)48(29-59(99)100)85-65(105)45(22-16-23-74)82-57(96)33-79-70(62)110/h12-15,18-21,31,35-36,38-39,45-52,61-62,77,80,91H,4,7-11,16-17,22-30,32-34,74-75H2,1-3,5-6H3,(H2,76,93)(H,78,94)(H,79,110)(H,81,106)(H,82,96)(H,83,95)(H,84,103)(H,85,105)(H,86,107)(H,87,104)(H,88,111)(H,89,109)(H,90,108)(H,97,98)(H,99,100)(H,101,102)(H,112,113). The van der Waals surface area contributed by atoms with E-state index in [9.17, 15) is 117 Å². The van der Waals surface area contributed by atoms with E-state index in [0.29, 0.717) is 12.0 Å². The predicted molar refractivity (Wildman–Crippen MR) is 404 cm³/mol. The number of benzene rings is 2. The fourth-order valence-electron chi connectivity index (χ4n) is 11.8. The van der Waals surface area contributed by atoms with Crippen molar-refractivity contribution in [1.29, 1.82) is 0 Å². The molecule has 0 aliphatic carbocycles. The van der Waals surface area contributed by atoms with Gasteiger partial charge in [-0.3, -0.25) is 81.5 Å². The second kappa shape index (κ2) is 47.0. The Bertz CT molecular complexity index is 4060. The number of carboxylic acids is 4. The Kier molecular flexibility index (Phi) is 38.7. The number of ether oxygens (including phenoxy) is 1. The minimum atomic E-state index is -2.41. The maximum absolute atomic E-state index is 14.9. The van der Waals surface area contributed by atoms with Crippen LogP contribution < -0.4 is 86.3 Å². The average Bonchev–Trinajstić information content (AvgIpc) is 1.74. The van der Waals surface area contributed by atoms with Crippen molar-refractivity contribution >= 4 is 129 Å². The number of H-pyrrole nitrogens is 1. The Labute approximate surface area is 659 Å². The van der Waals surface area contributed by atoms with E-state index in [1.165, 1.54) is 24.3 Å². The number of para-hydroxylation sites is 2. The number of esters is 1. The molecule has 14 atom stereocenters. The van der Waals surface area contributed by atoms with Gasteiger partial charge >= 0.3 is 29.8 Å². The summed E-state index contributed by atoms with van der Waals surface area (Å²) in [5, 5.41) is 80.0. The molecule has 4 rings (SSSR count). The van der Waals surface area contributed by atoms with E-state index in [0.717, 1.165) is 63.8 Å². The van der Waals surface area contributed by atoms with Gasteiger partial charge in [0.05, 0.1) is 57.8 Å². The second-order valence-corrected chi connectivity index (χ2v) is 27.6. The maximum Gasteiger partial charge on any atom is 0.329 e. The van der Waals surface area contributed by atoms with E-state index in [4.69, 9.17) is 21.9 Å². The van der Waals surface area contributed by atoms with E-state index < -0.39 is 255 Å². The van der Waals surface area contributed by atoms with Crippen molar-refractivity contribution in [3.63, 3.8) is 0 Å². The van der Waals surface area contributed by atoms with Crippen molar-refractivity contribution in [2.75, 3.05) is 32.0 Å². The highest BCUT2D eigenvalue weighted by atomic mass is 16.5. The van der Waals surface area contributed by atoms with E-state index in [2.05, 4.69) is 71.7 Å². The summed E-state index contributed by atoms with van der Waals surface area (Å²) < 4.78 is 5.71. The van der Waals surface area contributed by atoms with Crippen LogP contribution in [-0.2, 0) is 97.5 Å². The molecule has 42 heteroatoms. The molecule has 115 heavy (non-hydrogen) atoms. The van der Waals surface area contributed by atoms with Gasteiger partial charge in [0.15, 0.2) is 5.78 Å². The van der Waals surface area contributed by atoms with Gasteiger partial charge in [0, 0.05) is 52.8 Å². The first-order valence-electron chi connectivity index (χ1n) is 36.9. The number of carbonyl (C=O) groups excluding carboxylic acids is 15. The summed E-state index contributed by atoms with van der Waals surface area (Å²) >= 11 is 0. The number of aromatic nitrogens is 1. The van der Waals surface area contributed by atoms with Crippen molar-refractivity contribution < 1.29 is 121 Å². The number of nitrogens with two attached hydrogens (primary N) is 3. The Morgan fingerprint density at radius 1 is 0.600 bits per heavy atom. The SMILES string of the molecule is C=C(NC(CC(N)=O)C(=O)NC(CC(=O)O)C(=O)NC1C(=O)NCC(=O)NC(CCCN)C(=O)NC(CC(=O)O)C(=O)NC(C)C(=O)NC(C(=O)O)CC(=O)NCC(=O)NC(CO)C(=O)NC(C(C)CC(=O)O)C(=O)NC(CC(=O)c2ccccc2N)C(=O)OC1C)C(Cc1c[nH]c2ccccc12)NC(=O)C(C)CCCCCCC. The number of nitrogen functional groups attached to an aromatic ring is 1. The van der Waals surface area contributed by atoms with Crippen molar-refractivity contribution in [2.45, 2.75) is 203 Å². The molecule has 25 N–H and O–H groups in total. The van der Waals surface area contributed by atoms with Crippen LogP contribution in [0.25, 0.3) is 10.9 Å². The highest BCUT2D eigenvalue weighted by Crippen LogP contribution is 2.23. The number of cyclic esters (lactones) is 1. The van der Waals surface area contributed by atoms with E-state index >= 15 is 0 Å². The number of primary amides is 1. The molecule has 0 radical (unpaired) electrons. The lowest BCUT2D eigenvalue weighted by molar-refractivity contribution is -0.156. The van der Waals surface area contributed by atoms with Gasteiger partial charge in [-0.15, -0.1) is 0 Å². The number of hydrogen-bond acceptors (Lipinski definition) is 24. The molecule has 0 saturated carbocycles. The molecule has 42 nitrogen and oxygen atoms in total. The zero-order valence-electron chi connectivity index (χ0n) is 64.1. The van der Waals surface area contributed by atoms with E-state index in [1.54, 1.807) is 31.3 Å². The molecule has 3 aromatic rings. The summed E-state index contributed by atoms with van der Waals surface area (Å²) in [7, 11) is 0. The Balaban J connectivity index is 1.88. The predicted octanol–water partition coefficient (Wildman–Crippen LogP) is -4.78. The van der Waals surface area contributed by atoms with Crippen LogP contribution in [0.3, 0.4) is 0 Å². The molecule has 1 aromatic heterocycles. The number of aliphatic carboxylic acids is 4. The Morgan fingerprint density at radius 3 is 1.83 bits per heavy atom. The fraction of sp³-hybridized carbons (Fsp3) is 0.521. The molecular weight excluding hydrogens is 1510 g/mol. The molecule has 0 spiro atoms. The number of aromatic amines is 1. The molecule has 1 aliphatic heterocycles. The quantitative estimate of drug-likeness (QED) is 0.0115. The topological polar surface area (TPSA) is 685 Å². The van der Waals surface area contributed by atoms with Gasteiger partial charge in [-0.1, -0.05) is 89.8 Å². The first-order valence-corrected chi connectivity index (χ1v) is 36.9. The number of unbranched alkanes of at least 4 members (excludes halogenated alkanes) is 4. The van der Waals surface area contributed by atoms with Gasteiger partial charge in [-0.05, 0) is 69.3 Å². The number of rotatable bonds is 34. The number of carboxylic acid groups (broad SMARTS) is 4. The third-order valence-electron chi connectivity index (χ3n) is 18.2. The molecule has 630 valence electrons. The monoisotopic (exact) mass is 1620 g/mol. The Morgan fingerprint density at radius 2 is 1.20 bits per heavy atom. The number of aliphatic hydroxyl groups is 1. The highest BCUT2D eigenvalue weighted by Gasteiger charge is 2.41. The average molecular weight is 1620 g/mol. The van der Waals surface area contributed by atoms with Gasteiger partial charge in [-0.2, -0.15) is 0 Å². The summed E-state index contributed by atoms with van der Waals surface area (Å²) in [6, 6.07) is -9.36. The largest absolute Gasteiger partial charge is 0.481 e. The van der Waals surface area contributed by atoms with Crippen LogP contribution in [0.15, 0.2) is 67.0 Å². The number of carbonyl (C=O) groups is 19. The molecule has 1 fully saturated rings. The lowest BCUT2D eigenvalue weighted by atomic mass is 9.96. The first kappa shape index (κ1) is 94.7. The minimum Gasteiger partial charge on any atom is -0.481 e. The molecular formula is C73H103N17O25. The zero-order chi connectivity index (χ0) is 85.9. The van der Waals surface area contributed by atoms with Gasteiger partial charge in [0.1, 0.15) is 66.5 Å². The smallest absolute Gasteiger partial charge is 0.329 e. The number of ketones is 1. The maximum atomic E-state index is 14.9. The van der Waals surface area contributed by atoms with Crippen LogP contribution in [-0.4, -0.2) is 242 Å². The lowest BCUT2D eigenvalue weighted by Crippen LogP contribution is -2.61. The van der Waals surface area contributed by atoms with Crippen LogP contribution in [0.4, 0.5) is 5.69 Å². The van der Waals surface area contributed by atoms with E-state index in [1.807, 2.05) is 22.0 Å². The summed E-state index contributed by atoms with van der Waals surface area (Å²) in [6.07, 6.45) is -2.46. The first-order chi connectivity index (χ1) is 54.3. The lowest BCUT2D eigenvalue weighted by Gasteiger charge is -2.30. The summed E-state index contributed by atoms with van der Waals surface area (Å²) in [5.41, 5.74) is 18.4. The second-order valence-electron chi connectivity index (χ2n) is 27.6. The van der Waals surface area contributed by atoms with Crippen LogP contribution in [0.5, 0.6) is 0 Å². The number of aliphatic hydroxyl groups excluding tert-OH is 1. The summed E-state index contributed by atoms with van der Waals surface area (Å²) in [4.78, 5) is 262. The number of fused-ring (bicyclic) bond motifs is 1. The van der Waals surface area contributed by atoms with Crippen LogP contribution >= 0.6 is 0 Å². The van der Waals surface area contributed by atoms with Crippen molar-refractivity contribution in [3.8, 4) is 0 Å². The van der Waals surface area contributed by atoms with Crippen LogP contribution in [0.1, 0.15) is 140 Å². The molecule has 2 heterocycles. The Hall–Kier alpha value is -12.6. The number of anilines is 1. The third kappa shape index (κ3) is 31.8. The van der Waals surface area contributed by atoms with Gasteiger partial charge in [0.25, 0.3) is 0 Å². The highest BCUT2D eigenvalue weighted by molar-refractivity contribution is 6.05. The van der Waals surface area contributed by atoms with Crippen LogP contribution in [0, 0.1) is 11.8 Å². The molecule has 0 bridgehead atoms. The number of amides is 13. The summed E-state index contributed by atoms with van der Waals surface area (Å²) in [6.45, 7) is 7.14. The number of hydrogen-bond donors (Lipinski definition) is 22. The molecule has 1 aliphatic rings.